The summed E-state index contributed by atoms with van der Waals surface area (Å²) >= 11 is 0. The molecule has 20 heavy (non-hydrogen) atoms. The number of carboxylic acids is 1. The molecule has 2 N–H and O–H groups in total. The van der Waals surface area contributed by atoms with Crippen LogP contribution in [0.2, 0.25) is 0 Å². The summed E-state index contributed by atoms with van der Waals surface area (Å²) in [6.45, 7) is 3.23. The summed E-state index contributed by atoms with van der Waals surface area (Å²) in [6, 6.07) is 4.72. The highest BCUT2D eigenvalue weighted by Crippen LogP contribution is 2.23. The van der Waals surface area contributed by atoms with Crippen molar-refractivity contribution in [1.82, 2.24) is 5.32 Å². The van der Waals surface area contributed by atoms with Crippen molar-refractivity contribution in [3.63, 3.8) is 0 Å². The minimum Gasteiger partial charge on any atom is -0.478 e. The van der Waals surface area contributed by atoms with Crippen LogP contribution in [0.5, 0.6) is 0 Å². The first-order chi connectivity index (χ1) is 9.54. The predicted molar refractivity (Wildman–Crippen MR) is 74.2 cm³/mol. The van der Waals surface area contributed by atoms with Crippen LogP contribution < -0.4 is 10.2 Å². The first kappa shape index (κ1) is 14.3. The Bertz CT molecular complexity index is 530. The number of carboxylic acid groups (broad SMARTS) is 1. The molecule has 6 heteroatoms. The van der Waals surface area contributed by atoms with Crippen molar-refractivity contribution >= 4 is 17.6 Å². The molecule has 1 heterocycles. The first-order valence-corrected chi connectivity index (χ1v) is 6.44. The first-order valence-electron chi connectivity index (χ1n) is 6.44. The minimum atomic E-state index is -0.945. The Morgan fingerprint density at radius 2 is 2.20 bits per heavy atom. The van der Waals surface area contributed by atoms with Crippen LogP contribution in [0.25, 0.3) is 0 Å². The molecule has 1 saturated heterocycles. The van der Waals surface area contributed by atoms with Gasteiger partial charge in [-0.25, -0.2) is 4.79 Å². The minimum absolute atomic E-state index is 0.107. The van der Waals surface area contributed by atoms with Gasteiger partial charge in [0.1, 0.15) is 6.04 Å². The number of nitrogens with one attached hydrogen (secondary N) is 1. The molecule has 1 amide bonds. The lowest BCUT2D eigenvalue weighted by Crippen LogP contribution is -2.53. The zero-order valence-electron chi connectivity index (χ0n) is 11.5. The highest BCUT2D eigenvalue weighted by Gasteiger charge is 2.29. The van der Waals surface area contributed by atoms with Crippen molar-refractivity contribution in [2.24, 2.45) is 0 Å². The molecule has 108 valence electrons. The SMILES string of the molecule is CNC(=O)C1COCCN1c1ccc(C(=O)O)c(C)c1. The molecule has 1 atom stereocenters. The van der Waals surface area contributed by atoms with Gasteiger partial charge in [-0.3, -0.25) is 4.79 Å². The maximum atomic E-state index is 11.9. The maximum absolute atomic E-state index is 11.9. The quantitative estimate of drug-likeness (QED) is 0.848. The lowest BCUT2D eigenvalue weighted by molar-refractivity contribution is -0.124. The van der Waals surface area contributed by atoms with Crippen LogP contribution in [0.3, 0.4) is 0 Å². The van der Waals surface area contributed by atoms with E-state index in [1.54, 1.807) is 32.2 Å². The molecule has 1 aromatic rings. The molecule has 0 spiro atoms. The number of carbonyl (C=O) groups excluding carboxylic acids is 1. The van der Waals surface area contributed by atoms with E-state index >= 15 is 0 Å². The number of amides is 1. The number of aromatic carboxylic acids is 1. The largest absolute Gasteiger partial charge is 0.478 e. The fourth-order valence-electron chi connectivity index (χ4n) is 2.36. The van der Waals surface area contributed by atoms with E-state index in [4.69, 9.17) is 9.84 Å². The van der Waals surface area contributed by atoms with Gasteiger partial charge < -0.3 is 20.1 Å². The summed E-state index contributed by atoms with van der Waals surface area (Å²) in [4.78, 5) is 24.9. The van der Waals surface area contributed by atoms with Crippen molar-refractivity contribution in [2.45, 2.75) is 13.0 Å². The number of hydrogen-bond donors (Lipinski definition) is 2. The predicted octanol–water partition coefficient (Wildman–Crippen LogP) is 0.644. The van der Waals surface area contributed by atoms with E-state index < -0.39 is 5.97 Å². The second-order valence-corrected chi connectivity index (χ2v) is 4.70. The van der Waals surface area contributed by atoms with Gasteiger partial charge in [0, 0.05) is 19.3 Å². The molecule has 1 aromatic carbocycles. The van der Waals surface area contributed by atoms with E-state index in [0.717, 1.165) is 5.69 Å². The maximum Gasteiger partial charge on any atom is 0.335 e. The molecule has 1 aliphatic heterocycles. The number of anilines is 1. The smallest absolute Gasteiger partial charge is 0.335 e. The van der Waals surface area contributed by atoms with Gasteiger partial charge in [-0.2, -0.15) is 0 Å². The third-order valence-electron chi connectivity index (χ3n) is 3.45. The fourth-order valence-corrected chi connectivity index (χ4v) is 2.36. The fraction of sp³-hybridized carbons (Fsp3) is 0.429. The summed E-state index contributed by atoms with van der Waals surface area (Å²) in [5.41, 5.74) is 1.79. The van der Waals surface area contributed by atoms with Crippen LogP contribution in [0.4, 0.5) is 5.69 Å². The standard InChI is InChI=1S/C14H18N2O4/c1-9-7-10(3-4-11(9)14(18)19)16-5-6-20-8-12(16)13(17)15-2/h3-4,7,12H,5-6,8H2,1-2H3,(H,15,17)(H,18,19). The number of ether oxygens (including phenoxy) is 1. The lowest BCUT2D eigenvalue weighted by atomic mass is 10.1. The van der Waals surface area contributed by atoms with E-state index in [1.165, 1.54) is 0 Å². The van der Waals surface area contributed by atoms with Crippen LogP contribution in [-0.2, 0) is 9.53 Å². The highest BCUT2D eigenvalue weighted by molar-refractivity contribution is 5.90. The van der Waals surface area contributed by atoms with Gasteiger partial charge in [-0.15, -0.1) is 0 Å². The molecule has 0 aromatic heterocycles. The Kier molecular flexibility index (Phi) is 4.24. The number of aryl methyl sites for hydroxylation is 1. The normalized spacial score (nSPS) is 18.7. The molecule has 6 nitrogen and oxygen atoms in total. The Balaban J connectivity index is 2.31. The number of rotatable bonds is 3. The van der Waals surface area contributed by atoms with Crippen molar-refractivity contribution in [3.8, 4) is 0 Å². The van der Waals surface area contributed by atoms with E-state index in [2.05, 4.69) is 5.32 Å². The zero-order chi connectivity index (χ0) is 14.7. The Labute approximate surface area is 117 Å². The van der Waals surface area contributed by atoms with Gasteiger partial charge in [0.05, 0.1) is 18.8 Å². The number of carbonyl (C=O) groups is 2. The highest BCUT2D eigenvalue weighted by atomic mass is 16.5. The third kappa shape index (κ3) is 2.75. The van der Waals surface area contributed by atoms with Crippen molar-refractivity contribution in [2.75, 3.05) is 31.7 Å². The van der Waals surface area contributed by atoms with E-state index in [1.807, 2.05) is 4.90 Å². The van der Waals surface area contributed by atoms with Crippen molar-refractivity contribution in [1.29, 1.82) is 0 Å². The van der Waals surface area contributed by atoms with Crippen LogP contribution in [-0.4, -0.2) is 49.8 Å². The van der Waals surface area contributed by atoms with Crippen LogP contribution in [0.1, 0.15) is 15.9 Å². The molecule has 0 radical (unpaired) electrons. The molecule has 0 saturated carbocycles. The number of hydrogen-bond acceptors (Lipinski definition) is 4. The van der Waals surface area contributed by atoms with Crippen molar-refractivity contribution in [3.05, 3.63) is 29.3 Å². The van der Waals surface area contributed by atoms with Crippen LogP contribution >= 0.6 is 0 Å². The summed E-state index contributed by atoms with van der Waals surface area (Å²) in [6.07, 6.45) is 0. The second-order valence-electron chi connectivity index (χ2n) is 4.70. The summed E-state index contributed by atoms with van der Waals surface area (Å²) < 4.78 is 5.35. The van der Waals surface area contributed by atoms with E-state index in [0.29, 0.717) is 25.3 Å². The Morgan fingerprint density at radius 1 is 1.45 bits per heavy atom. The number of morpholine rings is 1. The van der Waals surface area contributed by atoms with Crippen molar-refractivity contribution < 1.29 is 19.4 Å². The lowest BCUT2D eigenvalue weighted by Gasteiger charge is -2.36. The molecule has 0 aliphatic carbocycles. The number of likely N-dealkylation sites (N-methyl/N-ethyl adjacent to an activating group) is 1. The van der Waals surface area contributed by atoms with Gasteiger partial charge in [-0.05, 0) is 30.7 Å². The zero-order valence-corrected chi connectivity index (χ0v) is 11.5. The second kappa shape index (κ2) is 5.92. The summed E-state index contributed by atoms with van der Waals surface area (Å²) in [5.74, 6) is -1.05. The van der Waals surface area contributed by atoms with Crippen LogP contribution in [0.15, 0.2) is 18.2 Å². The Hall–Kier alpha value is -2.08. The summed E-state index contributed by atoms with van der Waals surface area (Å²) in [5, 5.41) is 11.7. The van der Waals surface area contributed by atoms with E-state index in [9.17, 15) is 9.59 Å². The molecular formula is C14H18N2O4. The number of nitrogens with zero attached hydrogens (tertiary/aromatic N) is 1. The number of benzene rings is 1. The molecule has 2 rings (SSSR count). The average Bonchev–Trinajstić information content (AvgIpc) is 2.46. The van der Waals surface area contributed by atoms with Gasteiger partial charge in [0.15, 0.2) is 0 Å². The molecule has 1 unspecified atom stereocenters. The van der Waals surface area contributed by atoms with Gasteiger partial charge in [0.25, 0.3) is 0 Å². The van der Waals surface area contributed by atoms with Gasteiger partial charge >= 0.3 is 5.97 Å². The van der Waals surface area contributed by atoms with Gasteiger partial charge in [0.2, 0.25) is 5.91 Å². The summed E-state index contributed by atoms with van der Waals surface area (Å²) in [7, 11) is 1.59. The van der Waals surface area contributed by atoms with E-state index in [-0.39, 0.29) is 17.5 Å². The molecule has 1 fully saturated rings. The molecule has 0 bridgehead atoms. The third-order valence-corrected chi connectivity index (χ3v) is 3.45. The monoisotopic (exact) mass is 278 g/mol. The molecule has 1 aliphatic rings. The topological polar surface area (TPSA) is 78.9 Å². The van der Waals surface area contributed by atoms with Gasteiger partial charge in [-0.1, -0.05) is 0 Å². The Morgan fingerprint density at radius 3 is 2.80 bits per heavy atom. The van der Waals surface area contributed by atoms with Crippen LogP contribution in [0, 0.1) is 6.92 Å². The molecular weight excluding hydrogens is 260 g/mol. The average molecular weight is 278 g/mol.